The molecular weight excluding hydrogens is 1030 g/mol. The van der Waals surface area contributed by atoms with Crippen LogP contribution in [0.4, 0.5) is 4.39 Å². The number of ether oxygens (including phenoxy) is 1. The highest BCUT2D eigenvalue weighted by molar-refractivity contribution is 7.99. The molecule has 2 aromatic heterocycles. The van der Waals surface area contributed by atoms with Gasteiger partial charge in [-0.15, -0.1) is 11.8 Å². The molecule has 0 spiro atoms. The first-order valence-electron chi connectivity index (χ1n) is 25.5. The monoisotopic (exact) mass is 1090 g/mol. The first-order chi connectivity index (χ1) is 37.4. The van der Waals surface area contributed by atoms with Crippen LogP contribution in [0.5, 0.6) is 0 Å². The number of benzene rings is 2. The predicted molar refractivity (Wildman–Crippen MR) is 279 cm³/mol. The lowest BCUT2D eigenvalue weighted by molar-refractivity contribution is -0.172. The molecule has 24 heteroatoms. The Balaban J connectivity index is 0.784. The van der Waals surface area contributed by atoms with Gasteiger partial charge in [-0.1, -0.05) is 43.7 Å². The molecule has 7 N–H and O–H groups in total. The number of aromatic nitrogens is 2. The number of cyclic esters (lactones) is 1. The molecule has 0 fully saturated rings. The minimum atomic E-state index is -2.06. The number of hydrogen-bond acceptors (Lipinski definition) is 15. The van der Waals surface area contributed by atoms with Crippen LogP contribution in [0.3, 0.4) is 0 Å². The van der Waals surface area contributed by atoms with Crippen molar-refractivity contribution in [3.05, 3.63) is 110 Å². The summed E-state index contributed by atoms with van der Waals surface area (Å²) in [5.41, 5.74) is 1.74. The summed E-state index contributed by atoms with van der Waals surface area (Å²) in [4.78, 5) is 146. The van der Waals surface area contributed by atoms with Gasteiger partial charge in [-0.2, -0.15) is 0 Å². The number of ketones is 1. The number of aliphatic hydroxyl groups is 1. The van der Waals surface area contributed by atoms with E-state index in [1.165, 1.54) is 22.8 Å². The Bertz CT molecular complexity index is 3220. The minimum Gasteiger partial charge on any atom is -0.458 e. The Hall–Kier alpha value is -8.12. The summed E-state index contributed by atoms with van der Waals surface area (Å²) in [6.45, 7) is 1.82. The number of unbranched alkanes of at least 4 members (excludes halogenated alkanes) is 2. The fraction of sp³-hybridized carbons (Fsp3) is 0.407. The number of halogens is 1. The average molecular weight is 1090 g/mol. The fourth-order valence-corrected chi connectivity index (χ4v) is 10.7. The van der Waals surface area contributed by atoms with E-state index in [0.29, 0.717) is 82.2 Å². The van der Waals surface area contributed by atoms with Crippen LogP contribution in [0, 0.1) is 12.7 Å². The molecule has 0 unspecified atom stereocenters. The molecule has 0 saturated heterocycles. The maximum Gasteiger partial charge on any atom is 0.343 e. The topological polar surface area (TPSA) is 310 Å². The van der Waals surface area contributed by atoms with Gasteiger partial charge in [0.05, 0.1) is 72.7 Å². The van der Waals surface area contributed by atoms with Crippen LogP contribution in [-0.4, -0.2) is 122 Å². The molecule has 0 bridgehead atoms. The quantitative estimate of drug-likeness (QED) is 0.0149. The number of carbonyl (C=O) groups excluding carboxylic acids is 10. The van der Waals surface area contributed by atoms with E-state index in [4.69, 9.17) is 9.72 Å². The maximum atomic E-state index is 15.4. The van der Waals surface area contributed by atoms with Crippen LogP contribution >= 0.6 is 11.8 Å². The highest BCUT2D eigenvalue weighted by Gasteiger charge is 2.46. The highest BCUT2D eigenvalue weighted by atomic mass is 32.2. The van der Waals surface area contributed by atoms with Gasteiger partial charge < -0.3 is 46.3 Å². The lowest BCUT2D eigenvalue weighted by atomic mass is 9.81. The number of hydrogen-bond donors (Lipinski definition) is 7. The molecule has 4 aromatic rings. The van der Waals surface area contributed by atoms with Crippen LogP contribution in [0.2, 0.25) is 0 Å². The largest absolute Gasteiger partial charge is 0.458 e. The molecule has 2 aromatic carbocycles. The molecule has 8 rings (SSSR count). The summed E-state index contributed by atoms with van der Waals surface area (Å²) in [6.07, 6.45) is 4.29. The molecule has 5 heterocycles. The third-order valence-corrected chi connectivity index (χ3v) is 15.0. The molecule has 1 aliphatic carbocycles. The van der Waals surface area contributed by atoms with Gasteiger partial charge in [0.2, 0.25) is 35.4 Å². The van der Waals surface area contributed by atoms with Crippen molar-refractivity contribution in [3.8, 4) is 11.4 Å². The van der Waals surface area contributed by atoms with Gasteiger partial charge in [0.25, 0.3) is 17.4 Å². The number of pyridine rings is 2. The van der Waals surface area contributed by atoms with E-state index >= 15 is 4.39 Å². The molecule has 3 aliphatic heterocycles. The molecule has 3 atom stereocenters. The lowest BCUT2D eigenvalue weighted by Gasteiger charge is -2.31. The number of esters is 1. The van der Waals surface area contributed by atoms with Crippen molar-refractivity contribution in [3.63, 3.8) is 0 Å². The molecule has 410 valence electrons. The van der Waals surface area contributed by atoms with Crippen molar-refractivity contribution >= 4 is 81.7 Å². The van der Waals surface area contributed by atoms with Gasteiger partial charge in [-0.05, 0) is 67.3 Å². The summed E-state index contributed by atoms with van der Waals surface area (Å²) >= 11 is 1.03. The van der Waals surface area contributed by atoms with Crippen LogP contribution in [0.15, 0.2) is 59.4 Å². The zero-order valence-corrected chi connectivity index (χ0v) is 43.7. The van der Waals surface area contributed by atoms with Crippen LogP contribution in [0.25, 0.3) is 22.3 Å². The number of Topliss-reactive ketones (excluding diaryl/α,β-unsaturated/α-hetero) is 1. The lowest BCUT2D eigenvalue weighted by Crippen LogP contribution is -2.52. The Labute approximate surface area is 450 Å². The molecule has 0 saturated carbocycles. The van der Waals surface area contributed by atoms with Crippen molar-refractivity contribution in [1.29, 1.82) is 0 Å². The number of rotatable bonds is 24. The number of carbonyl (C=O) groups is 10. The number of amides is 8. The summed E-state index contributed by atoms with van der Waals surface area (Å²) in [6, 6.07) is 9.81. The second-order valence-electron chi connectivity index (χ2n) is 19.3. The molecule has 4 aliphatic rings. The normalized spacial score (nSPS) is 17.1. The van der Waals surface area contributed by atoms with Crippen molar-refractivity contribution in [2.45, 2.75) is 102 Å². The zero-order chi connectivity index (χ0) is 55.8. The van der Waals surface area contributed by atoms with E-state index < -0.39 is 102 Å². The van der Waals surface area contributed by atoms with Gasteiger partial charge in [-0.25, -0.2) is 14.2 Å². The van der Waals surface area contributed by atoms with Crippen molar-refractivity contribution in [1.82, 2.24) is 46.4 Å². The highest BCUT2D eigenvalue weighted by Crippen LogP contribution is 2.46. The maximum absolute atomic E-state index is 15.4. The summed E-state index contributed by atoms with van der Waals surface area (Å²) in [5.74, 6) is -6.39. The van der Waals surface area contributed by atoms with Crippen molar-refractivity contribution in [2.75, 3.05) is 37.8 Å². The minimum absolute atomic E-state index is 0.0400. The SMILES string of the molecule is CC[C@@]1(O)C(=O)OCc2c1cc1n(c2=O)Cc2c-1nc1cc(F)c(C)c3c1c2[C@@H](NC(=O)CC(=O)CSCNC(=O)CNC(=O)[C@H](Cc1ccccc1)NC(=O)CNC(=O)CNC(=O)CCCCCN1C(=O)C=CC1=O)CC3. The predicted octanol–water partition coefficient (Wildman–Crippen LogP) is 0.958. The molecule has 0 radical (unpaired) electrons. The van der Waals surface area contributed by atoms with Crippen molar-refractivity contribution < 1.29 is 62.2 Å². The van der Waals surface area contributed by atoms with Crippen LogP contribution in [0.1, 0.15) is 96.9 Å². The van der Waals surface area contributed by atoms with E-state index in [1.54, 1.807) is 50.2 Å². The van der Waals surface area contributed by atoms with Gasteiger partial charge in [0.15, 0.2) is 11.4 Å². The van der Waals surface area contributed by atoms with Crippen LogP contribution in [-0.2, 0) is 84.3 Å². The second-order valence-corrected chi connectivity index (χ2v) is 20.3. The van der Waals surface area contributed by atoms with Gasteiger partial charge in [-0.3, -0.25) is 52.8 Å². The first-order valence-corrected chi connectivity index (χ1v) is 26.7. The van der Waals surface area contributed by atoms with Gasteiger partial charge in [0.1, 0.15) is 18.5 Å². The number of thioether (sulfide) groups is 1. The van der Waals surface area contributed by atoms with Gasteiger partial charge in [0, 0.05) is 54.1 Å². The Morgan fingerprint density at radius 2 is 1.56 bits per heavy atom. The number of fused-ring (bicyclic) bond motifs is 5. The average Bonchev–Trinajstić information content (AvgIpc) is 4.15. The van der Waals surface area contributed by atoms with E-state index in [-0.39, 0.29) is 73.5 Å². The fourth-order valence-electron chi connectivity index (χ4n) is 10.0. The number of aryl methyl sites for hydroxylation is 1. The van der Waals surface area contributed by atoms with E-state index in [0.717, 1.165) is 16.7 Å². The van der Waals surface area contributed by atoms with Gasteiger partial charge >= 0.3 is 5.97 Å². The number of nitrogens with one attached hydrogen (secondary N) is 6. The zero-order valence-electron chi connectivity index (χ0n) is 42.8. The molecular formula is C54H58FN9O13S. The van der Waals surface area contributed by atoms with E-state index in [1.807, 2.05) is 0 Å². The smallest absolute Gasteiger partial charge is 0.343 e. The Morgan fingerprint density at radius 3 is 2.31 bits per heavy atom. The Morgan fingerprint density at radius 1 is 0.859 bits per heavy atom. The van der Waals surface area contributed by atoms with E-state index in [9.17, 15) is 57.8 Å². The summed E-state index contributed by atoms with van der Waals surface area (Å²) < 4.78 is 22.0. The third-order valence-electron chi connectivity index (χ3n) is 14.1. The summed E-state index contributed by atoms with van der Waals surface area (Å²) in [7, 11) is 0. The molecule has 8 amide bonds. The van der Waals surface area contributed by atoms with E-state index in [2.05, 4.69) is 31.9 Å². The Kier molecular flexibility index (Phi) is 17.6. The standard InChI is InChI=1S/C54H58FN9O13S/c1-3-54(76)35-20-40-50-33(25-64(40)52(74)34(35)26-77-53(54)75)49-37(14-13-32-29(2)36(55)21-38(62-50)48(32)49)60-42(67)19-31(65)27-78-28-59-44(69)23-58-51(73)39(18-30-10-6-4-7-11-30)61-45(70)24-57-43(68)22-56-41(66)12-8-5-9-17-63-46(71)15-16-47(63)72/h4,6-7,10-11,15-16,20-21,37,39,76H,3,5,8-9,12-14,17-19,22-28H2,1-2H3,(H,56,66)(H,57,68)(H,58,73)(H,59,69)(H,60,67)(H,61,70)/t37-,39-,54-/m0/s1. The number of nitrogens with zero attached hydrogens (tertiary/aromatic N) is 3. The van der Waals surface area contributed by atoms with Crippen LogP contribution < -0.4 is 37.5 Å². The summed E-state index contributed by atoms with van der Waals surface area (Å²) in [5, 5.41) is 27.5. The first kappa shape index (κ1) is 56.1. The number of imide groups is 1. The molecule has 22 nitrogen and oxygen atoms in total. The molecule has 78 heavy (non-hydrogen) atoms. The van der Waals surface area contributed by atoms with Crippen molar-refractivity contribution in [2.24, 2.45) is 0 Å². The third kappa shape index (κ3) is 12.5. The second kappa shape index (κ2) is 24.5.